The molecule has 1 aromatic rings. The molecule has 0 unspecified atom stereocenters. The monoisotopic (exact) mass is 453 g/mol. The number of ether oxygens (including phenoxy) is 2. The van der Waals surface area contributed by atoms with Crippen LogP contribution in [-0.2, 0) is 14.6 Å². The minimum absolute atomic E-state index is 0.201. The van der Waals surface area contributed by atoms with E-state index in [0.29, 0.717) is 37.5 Å². The van der Waals surface area contributed by atoms with E-state index in [-0.39, 0.29) is 11.0 Å². The van der Waals surface area contributed by atoms with E-state index in [0.717, 1.165) is 38.8 Å². The minimum atomic E-state index is -3.24. The molecule has 0 aromatic carbocycles. The van der Waals surface area contributed by atoms with Crippen molar-refractivity contribution in [2.45, 2.75) is 63.0 Å². The number of amides is 1. The molecule has 0 bridgehead atoms. The van der Waals surface area contributed by atoms with Crippen molar-refractivity contribution in [3.05, 3.63) is 18.3 Å². The summed E-state index contributed by atoms with van der Waals surface area (Å²) in [5, 5.41) is 0. The molecule has 1 amide bonds. The van der Waals surface area contributed by atoms with Crippen molar-refractivity contribution in [2.24, 2.45) is 5.92 Å². The molecule has 9 heteroatoms. The van der Waals surface area contributed by atoms with Crippen LogP contribution in [0.1, 0.15) is 46.5 Å². The van der Waals surface area contributed by atoms with Crippen molar-refractivity contribution in [1.82, 2.24) is 14.8 Å². The van der Waals surface area contributed by atoms with Crippen LogP contribution in [0.2, 0.25) is 0 Å². The summed E-state index contributed by atoms with van der Waals surface area (Å²) in [6.45, 7) is 9.49. The van der Waals surface area contributed by atoms with Gasteiger partial charge in [0.05, 0.1) is 11.5 Å². The molecule has 2 aliphatic rings. The molecule has 1 saturated heterocycles. The second-order valence-corrected chi connectivity index (χ2v) is 11.6. The number of sulfone groups is 1. The normalized spacial score (nSPS) is 23.4. The second-order valence-electron chi connectivity index (χ2n) is 9.59. The number of hydrogen-bond acceptors (Lipinski definition) is 7. The van der Waals surface area contributed by atoms with Gasteiger partial charge < -0.3 is 14.4 Å². The van der Waals surface area contributed by atoms with Crippen LogP contribution in [0.25, 0.3) is 0 Å². The van der Waals surface area contributed by atoms with Gasteiger partial charge in [0.1, 0.15) is 5.60 Å². The lowest BCUT2D eigenvalue weighted by atomic mass is 9.85. The summed E-state index contributed by atoms with van der Waals surface area (Å²) in [5.41, 5.74) is -0.458. The first kappa shape index (κ1) is 23.8. The smallest absolute Gasteiger partial charge is 0.410 e. The highest BCUT2D eigenvalue weighted by atomic mass is 32.2. The van der Waals surface area contributed by atoms with Gasteiger partial charge in [-0.2, -0.15) is 0 Å². The molecule has 0 spiro atoms. The summed E-state index contributed by atoms with van der Waals surface area (Å²) in [6, 6.07) is 3.71. The van der Waals surface area contributed by atoms with E-state index in [1.54, 1.807) is 6.07 Å². The van der Waals surface area contributed by atoms with Crippen LogP contribution >= 0.6 is 0 Å². The van der Waals surface area contributed by atoms with Gasteiger partial charge in [0, 0.05) is 50.7 Å². The zero-order chi connectivity index (χ0) is 22.6. The van der Waals surface area contributed by atoms with Crippen LogP contribution in [0.15, 0.2) is 23.2 Å². The van der Waals surface area contributed by atoms with Gasteiger partial charge >= 0.3 is 6.09 Å². The second kappa shape index (κ2) is 9.73. The fraction of sp³-hybridized carbons (Fsp3) is 0.727. The molecule has 3 rings (SSSR count). The lowest BCUT2D eigenvalue weighted by Gasteiger charge is -2.42. The Morgan fingerprint density at radius 2 is 1.74 bits per heavy atom. The summed E-state index contributed by atoms with van der Waals surface area (Å²) in [7, 11) is -3.24. The quantitative estimate of drug-likeness (QED) is 0.677. The van der Waals surface area contributed by atoms with Gasteiger partial charge in [0.25, 0.3) is 0 Å². The van der Waals surface area contributed by atoms with E-state index in [4.69, 9.17) is 9.47 Å². The van der Waals surface area contributed by atoms with Crippen LogP contribution in [0.3, 0.4) is 0 Å². The molecule has 31 heavy (non-hydrogen) atoms. The molecule has 1 aromatic heterocycles. The zero-order valence-corrected chi connectivity index (χ0v) is 19.9. The SMILES string of the molecule is CC(C)(C)OC(=O)N1CCN([C@H]2CC[C@H](COc3ccc(S(C)(=O)=O)cn3)CC2)CC1. The van der Waals surface area contributed by atoms with Gasteiger partial charge in [-0.3, -0.25) is 4.90 Å². The third-order valence-electron chi connectivity index (χ3n) is 5.90. The first-order valence-electron chi connectivity index (χ1n) is 11.0. The van der Waals surface area contributed by atoms with E-state index in [2.05, 4.69) is 9.88 Å². The maximum Gasteiger partial charge on any atom is 0.410 e. The highest BCUT2D eigenvalue weighted by Crippen LogP contribution is 2.29. The van der Waals surface area contributed by atoms with E-state index in [9.17, 15) is 13.2 Å². The zero-order valence-electron chi connectivity index (χ0n) is 19.0. The summed E-state index contributed by atoms with van der Waals surface area (Å²) in [5.74, 6) is 0.948. The highest BCUT2D eigenvalue weighted by molar-refractivity contribution is 7.90. The number of pyridine rings is 1. The molecule has 174 valence electrons. The van der Waals surface area contributed by atoms with Gasteiger partial charge in [0.15, 0.2) is 9.84 Å². The van der Waals surface area contributed by atoms with E-state index < -0.39 is 15.4 Å². The fourth-order valence-electron chi connectivity index (χ4n) is 4.15. The molecule has 1 aliphatic heterocycles. The van der Waals surface area contributed by atoms with Crippen molar-refractivity contribution >= 4 is 15.9 Å². The van der Waals surface area contributed by atoms with Crippen molar-refractivity contribution in [3.8, 4) is 5.88 Å². The molecule has 0 atom stereocenters. The Labute approximate surface area is 185 Å². The van der Waals surface area contributed by atoms with Gasteiger partial charge in [-0.05, 0) is 58.4 Å². The average Bonchev–Trinajstić information content (AvgIpc) is 2.71. The molecule has 2 heterocycles. The molecular weight excluding hydrogens is 418 g/mol. The lowest BCUT2D eigenvalue weighted by molar-refractivity contribution is 0.00650. The molecule has 2 fully saturated rings. The van der Waals surface area contributed by atoms with Crippen molar-refractivity contribution in [2.75, 3.05) is 39.0 Å². The number of aromatic nitrogens is 1. The van der Waals surface area contributed by atoms with Crippen molar-refractivity contribution in [1.29, 1.82) is 0 Å². The van der Waals surface area contributed by atoms with Gasteiger partial charge in [-0.15, -0.1) is 0 Å². The Morgan fingerprint density at radius 1 is 1.10 bits per heavy atom. The molecule has 0 radical (unpaired) electrons. The van der Waals surface area contributed by atoms with E-state index >= 15 is 0 Å². The third kappa shape index (κ3) is 7.07. The van der Waals surface area contributed by atoms with Crippen LogP contribution in [0.4, 0.5) is 4.79 Å². The van der Waals surface area contributed by atoms with E-state index in [1.807, 2.05) is 25.7 Å². The Kier molecular flexibility index (Phi) is 7.47. The predicted octanol–water partition coefficient (Wildman–Crippen LogP) is 2.98. The Hall–Kier alpha value is -1.87. The molecule has 1 saturated carbocycles. The fourth-order valence-corrected chi connectivity index (χ4v) is 4.71. The van der Waals surface area contributed by atoms with Crippen LogP contribution in [-0.4, -0.2) is 80.0 Å². The topological polar surface area (TPSA) is 89.0 Å². The number of piperazine rings is 1. The number of rotatable bonds is 5. The first-order chi connectivity index (χ1) is 14.5. The predicted molar refractivity (Wildman–Crippen MR) is 118 cm³/mol. The van der Waals surface area contributed by atoms with Crippen LogP contribution < -0.4 is 4.74 Å². The van der Waals surface area contributed by atoms with Crippen molar-refractivity contribution in [3.63, 3.8) is 0 Å². The molecular formula is C22H35N3O5S. The summed E-state index contributed by atoms with van der Waals surface area (Å²) in [4.78, 5) is 20.9. The summed E-state index contributed by atoms with van der Waals surface area (Å²) in [6.07, 6.45) is 6.74. The third-order valence-corrected chi connectivity index (χ3v) is 7.00. The minimum Gasteiger partial charge on any atom is -0.477 e. The van der Waals surface area contributed by atoms with Crippen LogP contribution in [0.5, 0.6) is 5.88 Å². The van der Waals surface area contributed by atoms with Gasteiger partial charge in [0.2, 0.25) is 5.88 Å². The standard InChI is InChI=1S/C22H35N3O5S/c1-22(2,3)30-21(26)25-13-11-24(12-14-25)18-7-5-17(6-8-18)16-29-20-10-9-19(15-23-20)31(4,27)28/h9-10,15,17-18H,5-8,11-14,16H2,1-4H3/t17-,18-. The van der Waals surface area contributed by atoms with Gasteiger partial charge in [-0.1, -0.05) is 0 Å². The van der Waals surface area contributed by atoms with E-state index in [1.165, 1.54) is 18.5 Å². The van der Waals surface area contributed by atoms with Crippen molar-refractivity contribution < 1.29 is 22.7 Å². The number of carbonyl (C=O) groups excluding carboxylic acids is 1. The Balaban J connectivity index is 1.38. The summed E-state index contributed by atoms with van der Waals surface area (Å²) < 4.78 is 34.3. The lowest BCUT2D eigenvalue weighted by Crippen LogP contribution is -2.53. The number of nitrogens with zero attached hydrogens (tertiary/aromatic N) is 3. The van der Waals surface area contributed by atoms with Gasteiger partial charge in [-0.25, -0.2) is 18.2 Å². The maximum absolute atomic E-state index is 12.2. The molecule has 8 nitrogen and oxygen atoms in total. The average molecular weight is 454 g/mol. The highest BCUT2D eigenvalue weighted by Gasteiger charge is 2.31. The summed E-state index contributed by atoms with van der Waals surface area (Å²) >= 11 is 0. The number of carbonyl (C=O) groups is 1. The Morgan fingerprint density at radius 3 is 2.26 bits per heavy atom. The molecule has 0 N–H and O–H groups in total. The number of hydrogen-bond donors (Lipinski definition) is 0. The first-order valence-corrected chi connectivity index (χ1v) is 12.9. The maximum atomic E-state index is 12.2. The largest absolute Gasteiger partial charge is 0.477 e. The van der Waals surface area contributed by atoms with Crippen LogP contribution in [0, 0.1) is 5.92 Å². The molecule has 1 aliphatic carbocycles. The Bertz CT molecular complexity index is 835.